The lowest BCUT2D eigenvalue weighted by Gasteiger charge is -2.20. The molecule has 0 aliphatic heterocycles. The van der Waals surface area contributed by atoms with E-state index in [0.29, 0.717) is 11.3 Å². The third-order valence-corrected chi connectivity index (χ3v) is 4.07. The lowest BCUT2D eigenvalue weighted by Crippen LogP contribution is -2.23. The van der Waals surface area contributed by atoms with E-state index < -0.39 is 0 Å². The first-order valence-corrected chi connectivity index (χ1v) is 7.36. The number of nitrogens with zero attached hydrogens (tertiary/aromatic N) is 1. The Morgan fingerprint density at radius 1 is 1.29 bits per heavy atom. The van der Waals surface area contributed by atoms with Crippen LogP contribution in [0, 0.1) is 17.2 Å². The van der Waals surface area contributed by atoms with Crippen LogP contribution in [0.2, 0.25) is 0 Å². The number of fused-ring (bicyclic) bond motifs is 1. The number of nitriles is 1. The molecule has 1 aliphatic carbocycles. The highest BCUT2D eigenvalue weighted by molar-refractivity contribution is 5.88. The fourth-order valence-corrected chi connectivity index (χ4v) is 2.92. The van der Waals surface area contributed by atoms with Crippen molar-refractivity contribution in [3.05, 3.63) is 30.0 Å². The van der Waals surface area contributed by atoms with Gasteiger partial charge >= 0.3 is 0 Å². The number of hydrogen-bond donors (Lipinski definition) is 0. The molecule has 0 N–H and O–H groups in total. The number of hydrogen-bond acceptors (Lipinski definition) is 4. The topological polar surface area (TPSA) is 63.2 Å². The van der Waals surface area contributed by atoms with Gasteiger partial charge in [-0.3, -0.25) is 4.79 Å². The number of furan rings is 1. The quantitative estimate of drug-likeness (QED) is 0.855. The van der Waals surface area contributed by atoms with E-state index in [-0.39, 0.29) is 24.1 Å². The molecule has 21 heavy (non-hydrogen) atoms. The minimum absolute atomic E-state index is 0.0167. The van der Waals surface area contributed by atoms with Crippen molar-refractivity contribution < 1.29 is 13.9 Å². The summed E-state index contributed by atoms with van der Waals surface area (Å²) >= 11 is 0. The van der Waals surface area contributed by atoms with E-state index in [1.54, 1.807) is 6.07 Å². The SMILES string of the molecule is N#Cc1oc2ccccc2c1OCC(=O)C1CCCCC1. The van der Waals surface area contributed by atoms with Crippen LogP contribution in [-0.4, -0.2) is 12.4 Å². The van der Waals surface area contributed by atoms with E-state index in [1.807, 2.05) is 24.3 Å². The molecule has 3 rings (SSSR count). The van der Waals surface area contributed by atoms with Crippen molar-refractivity contribution in [2.45, 2.75) is 32.1 Å². The highest BCUT2D eigenvalue weighted by atomic mass is 16.5. The molecule has 1 heterocycles. The molecular weight excluding hydrogens is 266 g/mol. The number of ether oxygens (including phenoxy) is 1. The minimum Gasteiger partial charge on any atom is -0.480 e. The predicted molar refractivity (Wildman–Crippen MR) is 78.0 cm³/mol. The molecule has 0 atom stereocenters. The van der Waals surface area contributed by atoms with Gasteiger partial charge in [-0.1, -0.05) is 31.4 Å². The first-order chi connectivity index (χ1) is 10.3. The maximum atomic E-state index is 12.2. The van der Waals surface area contributed by atoms with Gasteiger partial charge in [0, 0.05) is 5.92 Å². The minimum atomic E-state index is 0.0167. The number of benzene rings is 1. The standard InChI is InChI=1S/C17H17NO3/c18-10-16-17(13-8-4-5-9-15(13)21-16)20-11-14(19)12-6-2-1-3-7-12/h4-5,8-9,12H,1-3,6-7,11H2. The molecule has 0 saturated heterocycles. The van der Waals surface area contributed by atoms with Crippen LogP contribution in [0.25, 0.3) is 11.0 Å². The van der Waals surface area contributed by atoms with E-state index in [2.05, 4.69) is 0 Å². The van der Waals surface area contributed by atoms with Gasteiger partial charge in [-0.25, -0.2) is 0 Å². The fourth-order valence-electron chi connectivity index (χ4n) is 2.92. The molecule has 1 fully saturated rings. The largest absolute Gasteiger partial charge is 0.480 e. The number of ketones is 1. The maximum Gasteiger partial charge on any atom is 0.246 e. The van der Waals surface area contributed by atoms with Gasteiger partial charge in [0.15, 0.2) is 11.5 Å². The summed E-state index contributed by atoms with van der Waals surface area (Å²) in [5.74, 6) is 0.760. The smallest absolute Gasteiger partial charge is 0.246 e. The Hall–Kier alpha value is -2.28. The highest BCUT2D eigenvalue weighted by Gasteiger charge is 2.23. The molecule has 1 aliphatic rings. The number of rotatable bonds is 4. The van der Waals surface area contributed by atoms with Gasteiger partial charge in [-0.15, -0.1) is 0 Å². The lowest BCUT2D eigenvalue weighted by molar-refractivity contribution is -0.125. The second-order valence-corrected chi connectivity index (χ2v) is 5.46. The molecular formula is C17H17NO3. The van der Waals surface area contributed by atoms with Gasteiger partial charge in [0.2, 0.25) is 5.76 Å². The Kier molecular flexibility index (Phi) is 3.92. The third kappa shape index (κ3) is 2.78. The van der Waals surface area contributed by atoms with Crippen LogP contribution in [0.4, 0.5) is 0 Å². The van der Waals surface area contributed by atoms with E-state index >= 15 is 0 Å². The molecule has 1 saturated carbocycles. The second-order valence-electron chi connectivity index (χ2n) is 5.46. The number of para-hydroxylation sites is 1. The summed E-state index contributed by atoms with van der Waals surface area (Å²) in [5, 5.41) is 9.87. The average molecular weight is 283 g/mol. The summed E-state index contributed by atoms with van der Waals surface area (Å²) in [7, 11) is 0. The number of Topliss-reactive ketones (excluding diaryl/α,β-unsaturated/α-hetero) is 1. The van der Waals surface area contributed by atoms with Crippen LogP contribution in [0.15, 0.2) is 28.7 Å². The molecule has 0 unspecified atom stereocenters. The zero-order valence-electron chi connectivity index (χ0n) is 11.8. The molecule has 1 aromatic carbocycles. The average Bonchev–Trinajstić information content (AvgIpc) is 2.91. The van der Waals surface area contributed by atoms with E-state index in [9.17, 15) is 4.79 Å². The van der Waals surface area contributed by atoms with Crippen LogP contribution >= 0.6 is 0 Å². The summed E-state index contributed by atoms with van der Waals surface area (Å²) in [5.41, 5.74) is 0.606. The highest BCUT2D eigenvalue weighted by Crippen LogP contribution is 2.33. The van der Waals surface area contributed by atoms with E-state index in [4.69, 9.17) is 14.4 Å². The van der Waals surface area contributed by atoms with E-state index in [0.717, 1.165) is 31.1 Å². The van der Waals surface area contributed by atoms with Crippen molar-refractivity contribution in [1.29, 1.82) is 5.26 Å². The lowest BCUT2D eigenvalue weighted by atomic mass is 9.86. The predicted octanol–water partition coefficient (Wildman–Crippen LogP) is 3.83. The van der Waals surface area contributed by atoms with Crippen LogP contribution in [0.1, 0.15) is 37.9 Å². The maximum absolute atomic E-state index is 12.2. The second kappa shape index (κ2) is 6.01. The fraction of sp³-hybridized carbons (Fsp3) is 0.412. The van der Waals surface area contributed by atoms with Gasteiger partial charge in [0.25, 0.3) is 0 Å². The third-order valence-electron chi connectivity index (χ3n) is 4.07. The normalized spacial score (nSPS) is 15.8. The van der Waals surface area contributed by atoms with Gasteiger partial charge in [-0.2, -0.15) is 5.26 Å². The summed E-state index contributed by atoms with van der Waals surface area (Å²) in [6.45, 7) is 0.0167. The first-order valence-electron chi connectivity index (χ1n) is 7.36. The van der Waals surface area contributed by atoms with Crippen molar-refractivity contribution in [2.75, 3.05) is 6.61 Å². The Balaban J connectivity index is 1.75. The first kappa shape index (κ1) is 13.7. The van der Waals surface area contributed by atoms with Crippen molar-refractivity contribution in [1.82, 2.24) is 0 Å². The van der Waals surface area contributed by atoms with Gasteiger partial charge < -0.3 is 9.15 Å². The van der Waals surface area contributed by atoms with Crippen molar-refractivity contribution in [3.8, 4) is 11.8 Å². The van der Waals surface area contributed by atoms with Gasteiger partial charge in [-0.05, 0) is 25.0 Å². The molecule has 0 bridgehead atoms. The van der Waals surface area contributed by atoms with Crippen molar-refractivity contribution in [2.24, 2.45) is 5.92 Å². The number of carbonyl (C=O) groups is 1. The van der Waals surface area contributed by atoms with Crippen LogP contribution in [0.3, 0.4) is 0 Å². The van der Waals surface area contributed by atoms with E-state index in [1.165, 1.54) is 6.42 Å². The zero-order chi connectivity index (χ0) is 14.7. The molecule has 2 aromatic rings. The summed E-state index contributed by atoms with van der Waals surface area (Å²) in [6, 6.07) is 9.30. The Bertz CT molecular complexity index is 690. The molecule has 0 radical (unpaired) electrons. The molecule has 4 nitrogen and oxygen atoms in total. The monoisotopic (exact) mass is 283 g/mol. The molecule has 0 amide bonds. The van der Waals surface area contributed by atoms with Crippen LogP contribution in [-0.2, 0) is 4.79 Å². The van der Waals surface area contributed by atoms with Crippen LogP contribution in [0.5, 0.6) is 5.75 Å². The summed E-state index contributed by atoms with van der Waals surface area (Å²) in [4.78, 5) is 12.2. The zero-order valence-corrected chi connectivity index (χ0v) is 11.8. The molecule has 1 aromatic heterocycles. The molecule has 0 spiro atoms. The Morgan fingerprint density at radius 2 is 2.05 bits per heavy atom. The molecule has 108 valence electrons. The molecule has 4 heteroatoms. The summed E-state index contributed by atoms with van der Waals surface area (Å²) in [6.07, 6.45) is 5.37. The Labute approximate surface area is 123 Å². The Morgan fingerprint density at radius 3 is 2.81 bits per heavy atom. The van der Waals surface area contributed by atoms with Gasteiger partial charge in [0.05, 0.1) is 5.39 Å². The van der Waals surface area contributed by atoms with Crippen molar-refractivity contribution in [3.63, 3.8) is 0 Å². The summed E-state index contributed by atoms with van der Waals surface area (Å²) < 4.78 is 11.1. The van der Waals surface area contributed by atoms with Gasteiger partial charge in [0.1, 0.15) is 18.3 Å². The van der Waals surface area contributed by atoms with Crippen LogP contribution < -0.4 is 4.74 Å². The van der Waals surface area contributed by atoms with Crippen molar-refractivity contribution >= 4 is 16.8 Å². The number of carbonyl (C=O) groups excluding carboxylic acids is 1.